The van der Waals surface area contributed by atoms with Crippen molar-refractivity contribution in [2.24, 2.45) is 5.92 Å². The second-order valence-corrected chi connectivity index (χ2v) is 6.46. The first-order chi connectivity index (χ1) is 8.99. The van der Waals surface area contributed by atoms with Crippen molar-refractivity contribution >= 4 is 16.2 Å². The van der Waals surface area contributed by atoms with E-state index in [1.54, 1.807) is 6.92 Å². The van der Waals surface area contributed by atoms with E-state index in [0.29, 0.717) is 12.8 Å². The highest BCUT2D eigenvalue weighted by molar-refractivity contribution is 7.87. The maximum atomic E-state index is 12.0. The maximum Gasteiger partial charge on any atom is 0.402 e. The lowest BCUT2D eigenvalue weighted by Crippen LogP contribution is -2.62. The summed E-state index contributed by atoms with van der Waals surface area (Å²) in [6.45, 7) is -0.175. The lowest BCUT2D eigenvalue weighted by atomic mass is 9.74. The van der Waals surface area contributed by atoms with E-state index < -0.39 is 40.4 Å². The number of rotatable bonds is 5. The fraction of sp³-hybridized carbons (Fsp3) is 0.900. The second-order valence-electron chi connectivity index (χ2n) is 4.97. The zero-order valence-corrected chi connectivity index (χ0v) is 11.6. The predicted octanol–water partition coefficient (Wildman–Crippen LogP) is 1.01. The van der Waals surface area contributed by atoms with Crippen LogP contribution in [0.2, 0.25) is 0 Å². The maximum absolute atomic E-state index is 12.0. The smallest absolute Gasteiger partial charge is 0.402 e. The lowest BCUT2D eigenvalue weighted by molar-refractivity contribution is -0.147. The molecule has 2 atom stereocenters. The van der Waals surface area contributed by atoms with Crippen LogP contribution < -0.4 is 9.44 Å². The van der Waals surface area contributed by atoms with Crippen molar-refractivity contribution in [1.29, 1.82) is 0 Å². The van der Waals surface area contributed by atoms with Crippen LogP contribution in [-0.2, 0) is 15.0 Å². The third-order valence-corrected chi connectivity index (χ3v) is 4.62. The summed E-state index contributed by atoms with van der Waals surface area (Å²) in [6, 6.07) is 0. The topological polar surface area (TPSA) is 95.5 Å². The molecule has 10 heteroatoms. The van der Waals surface area contributed by atoms with Crippen molar-refractivity contribution in [2.45, 2.75) is 44.3 Å². The summed E-state index contributed by atoms with van der Waals surface area (Å²) in [5, 5.41) is 9.27. The van der Waals surface area contributed by atoms with Gasteiger partial charge in [-0.3, -0.25) is 4.79 Å². The normalized spacial score (nSPS) is 28.3. The van der Waals surface area contributed by atoms with Crippen LogP contribution in [-0.4, -0.2) is 37.8 Å². The molecule has 2 unspecified atom stereocenters. The Morgan fingerprint density at radius 1 is 1.40 bits per heavy atom. The van der Waals surface area contributed by atoms with Crippen molar-refractivity contribution < 1.29 is 31.5 Å². The Morgan fingerprint density at radius 3 is 2.45 bits per heavy atom. The molecule has 0 saturated heterocycles. The van der Waals surface area contributed by atoms with Gasteiger partial charge in [0.05, 0.1) is 0 Å². The Hall–Kier alpha value is -0.870. The molecule has 0 spiro atoms. The number of nitrogens with one attached hydrogen (secondary N) is 2. The van der Waals surface area contributed by atoms with Crippen molar-refractivity contribution in [3.05, 3.63) is 0 Å². The van der Waals surface area contributed by atoms with Gasteiger partial charge in [-0.1, -0.05) is 19.8 Å². The SMILES string of the molecule is CC1CCCCC1(NS(=O)(=O)NCC(F)(F)F)C(=O)O. The first-order valence-corrected chi connectivity index (χ1v) is 7.55. The van der Waals surface area contributed by atoms with E-state index in [-0.39, 0.29) is 6.42 Å². The number of carbonyl (C=O) groups is 1. The van der Waals surface area contributed by atoms with E-state index >= 15 is 0 Å². The third kappa shape index (κ3) is 4.32. The number of carboxylic acids is 1. The zero-order valence-electron chi connectivity index (χ0n) is 10.8. The summed E-state index contributed by atoms with van der Waals surface area (Å²) in [4.78, 5) is 11.4. The molecule has 0 aromatic rings. The summed E-state index contributed by atoms with van der Waals surface area (Å²) in [6.07, 6.45) is -2.90. The second kappa shape index (κ2) is 5.86. The molecule has 1 aliphatic rings. The van der Waals surface area contributed by atoms with Gasteiger partial charge in [-0.15, -0.1) is 0 Å². The van der Waals surface area contributed by atoms with Crippen LogP contribution >= 0.6 is 0 Å². The van der Waals surface area contributed by atoms with Gasteiger partial charge in [0, 0.05) is 0 Å². The molecule has 6 nitrogen and oxygen atoms in total. The Balaban J connectivity index is 2.88. The average molecular weight is 318 g/mol. The molecule has 0 bridgehead atoms. The predicted molar refractivity (Wildman–Crippen MR) is 64.1 cm³/mol. The largest absolute Gasteiger partial charge is 0.480 e. The highest BCUT2D eigenvalue weighted by Gasteiger charge is 2.48. The molecule has 1 rings (SSSR count). The van der Waals surface area contributed by atoms with Crippen molar-refractivity contribution in [3.63, 3.8) is 0 Å². The number of carboxylic acid groups (broad SMARTS) is 1. The number of halogens is 3. The molecule has 3 N–H and O–H groups in total. The molecular formula is C10H17F3N2O4S. The Morgan fingerprint density at radius 2 is 2.00 bits per heavy atom. The molecule has 1 saturated carbocycles. The summed E-state index contributed by atoms with van der Waals surface area (Å²) in [5.74, 6) is -1.88. The van der Waals surface area contributed by atoms with E-state index in [1.807, 2.05) is 4.72 Å². The van der Waals surface area contributed by atoms with Crippen LogP contribution in [0.1, 0.15) is 32.6 Å². The third-order valence-electron chi connectivity index (χ3n) is 3.46. The van der Waals surface area contributed by atoms with Crippen LogP contribution in [0.3, 0.4) is 0 Å². The summed E-state index contributed by atoms with van der Waals surface area (Å²) < 4.78 is 62.5. The molecule has 1 aliphatic carbocycles. The van der Waals surface area contributed by atoms with Gasteiger partial charge in [0.15, 0.2) is 0 Å². The lowest BCUT2D eigenvalue weighted by Gasteiger charge is -2.39. The minimum Gasteiger partial charge on any atom is -0.480 e. The number of aliphatic carboxylic acids is 1. The molecule has 0 heterocycles. The monoisotopic (exact) mass is 318 g/mol. The van der Waals surface area contributed by atoms with Crippen LogP contribution in [0, 0.1) is 5.92 Å². The minimum absolute atomic E-state index is 0.0520. The number of hydrogen-bond acceptors (Lipinski definition) is 3. The summed E-state index contributed by atoms with van der Waals surface area (Å²) in [5.41, 5.74) is -1.75. The quantitative estimate of drug-likeness (QED) is 0.705. The molecule has 0 aromatic heterocycles. The average Bonchev–Trinajstić information content (AvgIpc) is 2.28. The van der Waals surface area contributed by atoms with Gasteiger partial charge in [0.1, 0.15) is 12.1 Å². The van der Waals surface area contributed by atoms with Gasteiger partial charge < -0.3 is 5.11 Å². The highest BCUT2D eigenvalue weighted by Crippen LogP contribution is 2.34. The van der Waals surface area contributed by atoms with Crippen molar-refractivity contribution in [3.8, 4) is 0 Å². The van der Waals surface area contributed by atoms with Gasteiger partial charge in [-0.2, -0.15) is 31.0 Å². The minimum atomic E-state index is -4.71. The first kappa shape index (κ1) is 17.2. The van der Waals surface area contributed by atoms with Crippen molar-refractivity contribution in [2.75, 3.05) is 6.54 Å². The Kier molecular flexibility index (Phi) is 5.03. The molecule has 1 fully saturated rings. The van der Waals surface area contributed by atoms with Gasteiger partial charge in [-0.05, 0) is 18.8 Å². The number of hydrogen-bond donors (Lipinski definition) is 3. The van der Waals surface area contributed by atoms with E-state index in [4.69, 9.17) is 0 Å². The van der Waals surface area contributed by atoms with Gasteiger partial charge in [-0.25, -0.2) is 0 Å². The van der Waals surface area contributed by atoms with Crippen LogP contribution in [0.15, 0.2) is 0 Å². The Labute approximate surface area is 114 Å². The standard InChI is InChI=1S/C10H17F3N2O4S/c1-7-4-2-3-5-9(7,8(16)17)15-20(18,19)14-6-10(11,12)13/h7,14-15H,2-6H2,1H3,(H,16,17). The number of alkyl halides is 3. The molecule has 0 radical (unpaired) electrons. The van der Waals surface area contributed by atoms with Gasteiger partial charge >= 0.3 is 12.1 Å². The van der Waals surface area contributed by atoms with Gasteiger partial charge in [0.2, 0.25) is 0 Å². The van der Waals surface area contributed by atoms with Crippen LogP contribution in [0.25, 0.3) is 0 Å². The molecule has 0 aromatic carbocycles. The van der Waals surface area contributed by atoms with Crippen molar-refractivity contribution in [1.82, 2.24) is 9.44 Å². The molecular weight excluding hydrogens is 301 g/mol. The first-order valence-electron chi connectivity index (χ1n) is 6.07. The molecule has 0 aliphatic heterocycles. The highest BCUT2D eigenvalue weighted by atomic mass is 32.2. The van der Waals surface area contributed by atoms with Gasteiger partial charge in [0.25, 0.3) is 10.2 Å². The molecule has 0 amide bonds. The van der Waals surface area contributed by atoms with Crippen LogP contribution in [0.5, 0.6) is 0 Å². The summed E-state index contributed by atoms with van der Waals surface area (Å²) in [7, 11) is -4.55. The van der Waals surface area contributed by atoms with E-state index in [1.165, 1.54) is 4.72 Å². The fourth-order valence-electron chi connectivity index (χ4n) is 2.31. The van der Waals surface area contributed by atoms with E-state index in [0.717, 1.165) is 6.42 Å². The fourth-order valence-corrected chi connectivity index (χ4v) is 3.61. The van der Waals surface area contributed by atoms with Crippen LogP contribution in [0.4, 0.5) is 13.2 Å². The van der Waals surface area contributed by atoms with E-state index in [9.17, 15) is 31.5 Å². The Bertz CT molecular complexity index is 466. The molecule has 20 heavy (non-hydrogen) atoms. The molecule has 118 valence electrons. The zero-order chi connectivity index (χ0) is 15.6. The summed E-state index contributed by atoms with van der Waals surface area (Å²) >= 11 is 0. The van der Waals surface area contributed by atoms with E-state index in [2.05, 4.69) is 0 Å².